The van der Waals surface area contributed by atoms with E-state index in [1.807, 2.05) is 36.7 Å². The van der Waals surface area contributed by atoms with Crippen LogP contribution in [0.3, 0.4) is 0 Å². The molecule has 0 spiro atoms. The lowest BCUT2D eigenvalue weighted by atomic mass is 10.0. The Kier molecular flexibility index (Phi) is 7.86. The summed E-state index contributed by atoms with van der Waals surface area (Å²) in [4.78, 5) is 16.7. The van der Waals surface area contributed by atoms with E-state index in [2.05, 4.69) is 26.6 Å². The lowest BCUT2D eigenvalue weighted by molar-refractivity contribution is 0.0946. The number of hydrogen-bond donors (Lipinski definition) is 1. The highest BCUT2D eigenvalue weighted by Crippen LogP contribution is 2.33. The van der Waals surface area contributed by atoms with Gasteiger partial charge in [-0.05, 0) is 39.9 Å². The lowest BCUT2D eigenvalue weighted by Crippen LogP contribution is -2.34. The van der Waals surface area contributed by atoms with Crippen LogP contribution < -0.4 is 14.8 Å². The van der Waals surface area contributed by atoms with E-state index in [0.717, 1.165) is 61.6 Å². The highest BCUT2D eigenvalue weighted by molar-refractivity contribution is 5.91. The topological polar surface area (TPSA) is 84.8 Å². The van der Waals surface area contributed by atoms with Gasteiger partial charge in [0, 0.05) is 43.9 Å². The molecule has 0 atom stereocenters. The van der Waals surface area contributed by atoms with Gasteiger partial charge < -0.3 is 19.7 Å². The zero-order valence-electron chi connectivity index (χ0n) is 19.2. The second-order valence-electron chi connectivity index (χ2n) is 8.24. The largest absolute Gasteiger partial charge is 0.496 e. The molecule has 0 radical (unpaired) electrons. The highest BCUT2D eigenvalue weighted by atomic mass is 16.5. The fraction of sp³-hybridized carbons (Fsp3) is 0.591. The standard InChI is InChI=1S/C22H34N6O3/c1-16-20(30-4)7-6-17(21(16)31-5)14-27-11-8-18(9-12-27)28-15-19(24-25-28)22(29)23-10-13-26(2)3/h6-7,15,18H,8-14H2,1-5H3,(H,23,29). The summed E-state index contributed by atoms with van der Waals surface area (Å²) < 4.78 is 12.9. The quantitative estimate of drug-likeness (QED) is 0.649. The van der Waals surface area contributed by atoms with Crippen molar-refractivity contribution in [2.75, 3.05) is 54.5 Å². The predicted molar refractivity (Wildman–Crippen MR) is 119 cm³/mol. The molecule has 1 aromatic heterocycles. The average molecular weight is 431 g/mol. The minimum atomic E-state index is -0.174. The van der Waals surface area contributed by atoms with Crippen molar-refractivity contribution in [3.05, 3.63) is 35.2 Å². The number of hydrogen-bond acceptors (Lipinski definition) is 7. The number of rotatable bonds is 9. The molecule has 1 N–H and O–H groups in total. The summed E-state index contributed by atoms with van der Waals surface area (Å²) >= 11 is 0. The first kappa shape index (κ1) is 23.0. The van der Waals surface area contributed by atoms with Gasteiger partial charge in [0.1, 0.15) is 11.5 Å². The van der Waals surface area contributed by atoms with E-state index in [4.69, 9.17) is 9.47 Å². The fourth-order valence-corrected chi connectivity index (χ4v) is 3.99. The molecule has 9 heteroatoms. The van der Waals surface area contributed by atoms with E-state index >= 15 is 0 Å². The number of benzene rings is 1. The van der Waals surface area contributed by atoms with E-state index < -0.39 is 0 Å². The molecule has 1 aliphatic rings. The van der Waals surface area contributed by atoms with Crippen molar-refractivity contribution in [1.29, 1.82) is 0 Å². The molecule has 1 aliphatic heterocycles. The van der Waals surface area contributed by atoms with Crippen LogP contribution in [0.2, 0.25) is 0 Å². The number of ether oxygens (including phenoxy) is 2. The van der Waals surface area contributed by atoms with Gasteiger partial charge in [0.2, 0.25) is 0 Å². The van der Waals surface area contributed by atoms with E-state index in [1.54, 1.807) is 20.4 Å². The number of methoxy groups -OCH3 is 2. The van der Waals surface area contributed by atoms with Gasteiger partial charge in [-0.25, -0.2) is 4.68 Å². The van der Waals surface area contributed by atoms with Gasteiger partial charge in [-0.1, -0.05) is 11.3 Å². The van der Waals surface area contributed by atoms with Crippen molar-refractivity contribution in [2.24, 2.45) is 0 Å². The predicted octanol–water partition coefficient (Wildman–Crippen LogP) is 1.73. The summed E-state index contributed by atoms with van der Waals surface area (Å²) in [5, 5.41) is 11.2. The van der Waals surface area contributed by atoms with Crippen LogP contribution in [0, 0.1) is 6.92 Å². The maximum atomic E-state index is 12.2. The Morgan fingerprint density at radius 2 is 1.97 bits per heavy atom. The average Bonchev–Trinajstić information content (AvgIpc) is 3.25. The van der Waals surface area contributed by atoms with Crippen LogP contribution >= 0.6 is 0 Å². The van der Waals surface area contributed by atoms with Crippen molar-refractivity contribution in [1.82, 2.24) is 30.1 Å². The number of carbonyl (C=O) groups is 1. The van der Waals surface area contributed by atoms with Crippen LogP contribution in [-0.4, -0.2) is 85.2 Å². The van der Waals surface area contributed by atoms with Crippen LogP contribution in [0.5, 0.6) is 11.5 Å². The molecule has 0 bridgehead atoms. The fourth-order valence-electron chi connectivity index (χ4n) is 3.99. The molecule has 1 saturated heterocycles. The SMILES string of the molecule is COc1ccc(CN2CCC(n3cc(C(=O)NCCN(C)C)nn3)CC2)c(OC)c1C. The monoisotopic (exact) mass is 430 g/mol. The molecule has 9 nitrogen and oxygen atoms in total. The van der Waals surface area contributed by atoms with Gasteiger partial charge in [-0.15, -0.1) is 5.10 Å². The van der Waals surface area contributed by atoms with Gasteiger partial charge in [-0.3, -0.25) is 9.69 Å². The van der Waals surface area contributed by atoms with Gasteiger partial charge in [0.25, 0.3) is 5.91 Å². The first-order valence-electron chi connectivity index (χ1n) is 10.7. The number of nitrogens with zero attached hydrogens (tertiary/aromatic N) is 5. The molecule has 0 unspecified atom stereocenters. The normalized spacial score (nSPS) is 15.3. The van der Waals surface area contributed by atoms with Crippen LogP contribution in [0.1, 0.15) is 40.5 Å². The van der Waals surface area contributed by atoms with Crippen LogP contribution in [-0.2, 0) is 6.54 Å². The third-order valence-corrected chi connectivity index (χ3v) is 5.77. The maximum Gasteiger partial charge on any atom is 0.273 e. The first-order valence-corrected chi connectivity index (χ1v) is 10.7. The smallest absolute Gasteiger partial charge is 0.273 e. The van der Waals surface area contributed by atoms with Crippen molar-refractivity contribution in [3.8, 4) is 11.5 Å². The summed E-state index contributed by atoms with van der Waals surface area (Å²) in [5.74, 6) is 1.56. The van der Waals surface area contributed by atoms with Crippen LogP contribution in [0.25, 0.3) is 0 Å². The summed E-state index contributed by atoms with van der Waals surface area (Å²) in [6, 6.07) is 4.34. The molecule has 3 rings (SSSR count). The minimum absolute atomic E-state index is 0.174. The second kappa shape index (κ2) is 10.6. The zero-order chi connectivity index (χ0) is 22.4. The van der Waals surface area contributed by atoms with Gasteiger partial charge in [0.05, 0.1) is 26.5 Å². The molecule has 1 amide bonds. The minimum Gasteiger partial charge on any atom is -0.496 e. The van der Waals surface area contributed by atoms with Crippen molar-refractivity contribution in [2.45, 2.75) is 32.4 Å². The first-order chi connectivity index (χ1) is 14.9. The molecular formula is C22H34N6O3. The molecule has 170 valence electrons. The summed E-state index contributed by atoms with van der Waals surface area (Å²) in [5.41, 5.74) is 2.56. The maximum absolute atomic E-state index is 12.2. The summed E-state index contributed by atoms with van der Waals surface area (Å²) in [7, 11) is 7.33. The number of likely N-dealkylation sites (N-methyl/N-ethyl adjacent to an activating group) is 1. The van der Waals surface area contributed by atoms with Crippen molar-refractivity contribution in [3.63, 3.8) is 0 Å². The second-order valence-corrected chi connectivity index (χ2v) is 8.24. The molecule has 0 aliphatic carbocycles. The summed E-state index contributed by atoms with van der Waals surface area (Å²) in [6.45, 7) is 6.12. The number of nitrogens with one attached hydrogen (secondary N) is 1. The molecule has 1 aromatic carbocycles. The molecule has 1 fully saturated rings. The van der Waals surface area contributed by atoms with Crippen LogP contribution in [0.15, 0.2) is 18.3 Å². The van der Waals surface area contributed by atoms with E-state index in [9.17, 15) is 4.79 Å². The molecule has 2 heterocycles. The Morgan fingerprint density at radius 3 is 2.61 bits per heavy atom. The van der Waals surface area contributed by atoms with Crippen LogP contribution in [0.4, 0.5) is 0 Å². The number of amides is 1. The van der Waals surface area contributed by atoms with Gasteiger partial charge in [-0.2, -0.15) is 0 Å². The Labute approximate surface area is 184 Å². The Balaban J connectivity index is 1.54. The van der Waals surface area contributed by atoms with E-state index in [0.29, 0.717) is 12.2 Å². The molecule has 2 aromatic rings. The van der Waals surface area contributed by atoms with E-state index in [-0.39, 0.29) is 11.9 Å². The number of carbonyl (C=O) groups excluding carboxylic acids is 1. The Morgan fingerprint density at radius 1 is 1.23 bits per heavy atom. The van der Waals surface area contributed by atoms with Crippen molar-refractivity contribution >= 4 is 5.91 Å². The van der Waals surface area contributed by atoms with Gasteiger partial charge in [0.15, 0.2) is 5.69 Å². The third kappa shape index (κ3) is 5.74. The number of aromatic nitrogens is 3. The Bertz CT molecular complexity index is 874. The van der Waals surface area contributed by atoms with Crippen molar-refractivity contribution < 1.29 is 14.3 Å². The molecule has 31 heavy (non-hydrogen) atoms. The third-order valence-electron chi connectivity index (χ3n) is 5.77. The van der Waals surface area contributed by atoms with Gasteiger partial charge >= 0.3 is 0 Å². The number of likely N-dealkylation sites (tertiary alicyclic amines) is 1. The number of piperidine rings is 1. The lowest BCUT2D eigenvalue weighted by Gasteiger charge is -2.32. The molecular weight excluding hydrogens is 396 g/mol. The Hall–Kier alpha value is -2.65. The zero-order valence-corrected chi connectivity index (χ0v) is 19.2. The highest BCUT2D eigenvalue weighted by Gasteiger charge is 2.24. The molecule has 0 saturated carbocycles. The summed E-state index contributed by atoms with van der Waals surface area (Å²) in [6.07, 6.45) is 3.69. The van der Waals surface area contributed by atoms with E-state index in [1.165, 1.54) is 0 Å².